The van der Waals surface area contributed by atoms with E-state index in [0.717, 1.165) is 30.4 Å². The predicted molar refractivity (Wildman–Crippen MR) is 92.7 cm³/mol. The fourth-order valence-electron chi connectivity index (χ4n) is 2.55. The van der Waals surface area contributed by atoms with Crippen LogP contribution in [0.4, 0.5) is 0 Å². The van der Waals surface area contributed by atoms with E-state index in [1.54, 1.807) is 6.07 Å². The number of amides is 3. The second kappa shape index (κ2) is 9.05. The van der Waals surface area contributed by atoms with Crippen molar-refractivity contribution < 1.29 is 19.1 Å². The van der Waals surface area contributed by atoms with Crippen LogP contribution in [0.1, 0.15) is 36.8 Å². The van der Waals surface area contributed by atoms with Crippen molar-refractivity contribution in [2.45, 2.75) is 39.5 Å². The fourth-order valence-corrected chi connectivity index (χ4v) is 2.55. The van der Waals surface area contributed by atoms with Crippen molar-refractivity contribution >= 4 is 17.7 Å². The van der Waals surface area contributed by atoms with Gasteiger partial charge in [-0.3, -0.25) is 25.2 Å². The van der Waals surface area contributed by atoms with Crippen molar-refractivity contribution in [3.8, 4) is 5.75 Å². The summed E-state index contributed by atoms with van der Waals surface area (Å²) in [4.78, 5) is 37.0. The summed E-state index contributed by atoms with van der Waals surface area (Å²) in [6, 6.07) is 5.56. The first-order valence-corrected chi connectivity index (χ1v) is 8.51. The van der Waals surface area contributed by atoms with Crippen molar-refractivity contribution in [2.75, 3.05) is 19.7 Å². The lowest BCUT2D eigenvalue weighted by Crippen LogP contribution is -2.48. The number of ether oxygens (including phenoxy) is 1. The highest BCUT2D eigenvalue weighted by Crippen LogP contribution is 2.16. The van der Waals surface area contributed by atoms with E-state index < -0.39 is 11.8 Å². The van der Waals surface area contributed by atoms with E-state index in [0.29, 0.717) is 18.7 Å². The van der Waals surface area contributed by atoms with Gasteiger partial charge in [-0.05, 0) is 49.9 Å². The molecule has 0 bridgehead atoms. The van der Waals surface area contributed by atoms with Crippen molar-refractivity contribution in [3.05, 3.63) is 29.3 Å². The number of rotatable bonds is 5. The lowest BCUT2D eigenvalue weighted by molar-refractivity contribution is -0.136. The molecule has 1 fully saturated rings. The van der Waals surface area contributed by atoms with Gasteiger partial charge >= 0.3 is 0 Å². The van der Waals surface area contributed by atoms with E-state index >= 15 is 0 Å². The van der Waals surface area contributed by atoms with E-state index in [2.05, 4.69) is 10.9 Å². The first kappa shape index (κ1) is 18.8. The van der Waals surface area contributed by atoms with Gasteiger partial charge < -0.3 is 9.64 Å². The molecular weight excluding hydrogens is 322 g/mol. The van der Waals surface area contributed by atoms with Crippen LogP contribution in [0, 0.1) is 13.8 Å². The van der Waals surface area contributed by atoms with Gasteiger partial charge in [0.1, 0.15) is 12.3 Å². The molecule has 1 aromatic rings. The Kier molecular flexibility index (Phi) is 6.80. The number of carbonyl (C=O) groups is 3. The van der Waals surface area contributed by atoms with Crippen LogP contribution in [0.3, 0.4) is 0 Å². The normalized spacial score (nSPS) is 14.6. The summed E-state index contributed by atoms with van der Waals surface area (Å²) in [7, 11) is 0. The standard InChI is InChI=1S/C18H25N3O4/c1-13-7-8-15(10-14(13)2)25-12-17(23)20-19-16(22)11-21-9-5-3-4-6-18(21)24/h7-8,10H,3-6,9,11-12H2,1-2H3,(H,19,22)(H,20,23). The molecule has 0 spiro atoms. The maximum absolute atomic E-state index is 11.9. The molecule has 0 radical (unpaired) electrons. The highest BCUT2D eigenvalue weighted by molar-refractivity contribution is 5.87. The monoisotopic (exact) mass is 347 g/mol. The second-order valence-corrected chi connectivity index (χ2v) is 6.26. The Morgan fingerprint density at radius 2 is 1.84 bits per heavy atom. The Morgan fingerprint density at radius 1 is 1.08 bits per heavy atom. The molecular formula is C18H25N3O4. The third kappa shape index (κ3) is 6.10. The quantitative estimate of drug-likeness (QED) is 0.784. The number of hydrazine groups is 1. The zero-order valence-corrected chi connectivity index (χ0v) is 14.8. The highest BCUT2D eigenvalue weighted by atomic mass is 16.5. The number of nitrogens with zero attached hydrogens (tertiary/aromatic N) is 1. The SMILES string of the molecule is Cc1ccc(OCC(=O)NNC(=O)CN2CCCCCC2=O)cc1C. The molecule has 2 rings (SSSR count). The van der Waals surface area contributed by atoms with Crippen LogP contribution in [0.15, 0.2) is 18.2 Å². The molecule has 3 amide bonds. The molecule has 1 aliphatic rings. The molecule has 7 nitrogen and oxygen atoms in total. The van der Waals surface area contributed by atoms with E-state index in [1.165, 1.54) is 4.90 Å². The average Bonchev–Trinajstić information content (AvgIpc) is 2.79. The van der Waals surface area contributed by atoms with E-state index in [9.17, 15) is 14.4 Å². The van der Waals surface area contributed by atoms with Crippen LogP contribution in [0.2, 0.25) is 0 Å². The number of nitrogens with one attached hydrogen (secondary N) is 2. The van der Waals surface area contributed by atoms with Gasteiger partial charge in [0.15, 0.2) is 6.61 Å². The minimum Gasteiger partial charge on any atom is -0.484 e. The number of carbonyl (C=O) groups excluding carboxylic acids is 3. The smallest absolute Gasteiger partial charge is 0.276 e. The molecule has 7 heteroatoms. The highest BCUT2D eigenvalue weighted by Gasteiger charge is 2.19. The molecule has 0 aromatic heterocycles. The predicted octanol–water partition coefficient (Wildman–Crippen LogP) is 1.23. The van der Waals surface area contributed by atoms with Gasteiger partial charge in [-0.1, -0.05) is 12.5 Å². The van der Waals surface area contributed by atoms with Crippen LogP contribution in [0.25, 0.3) is 0 Å². The summed E-state index contributed by atoms with van der Waals surface area (Å²) in [6.07, 6.45) is 3.23. The summed E-state index contributed by atoms with van der Waals surface area (Å²) in [5, 5.41) is 0. The molecule has 0 atom stereocenters. The Morgan fingerprint density at radius 3 is 2.60 bits per heavy atom. The summed E-state index contributed by atoms with van der Waals surface area (Å²) < 4.78 is 5.39. The van der Waals surface area contributed by atoms with Crippen LogP contribution in [-0.4, -0.2) is 42.3 Å². The van der Waals surface area contributed by atoms with Crippen molar-refractivity contribution in [3.63, 3.8) is 0 Å². The first-order chi connectivity index (χ1) is 12.0. The van der Waals surface area contributed by atoms with E-state index in [1.807, 2.05) is 26.0 Å². The third-order valence-corrected chi connectivity index (χ3v) is 4.20. The zero-order chi connectivity index (χ0) is 18.2. The van der Waals surface area contributed by atoms with Crippen molar-refractivity contribution in [2.24, 2.45) is 0 Å². The van der Waals surface area contributed by atoms with Gasteiger partial charge in [-0.2, -0.15) is 0 Å². The van der Waals surface area contributed by atoms with E-state index in [4.69, 9.17) is 4.74 Å². The van der Waals surface area contributed by atoms with Crippen molar-refractivity contribution in [1.29, 1.82) is 0 Å². The van der Waals surface area contributed by atoms with Gasteiger partial charge in [0.05, 0.1) is 0 Å². The molecule has 1 aliphatic heterocycles. The second-order valence-electron chi connectivity index (χ2n) is 6.26. The molecule has 0 aliphatic carbocycles. The fraction of sp³-hybridized carbons (Fsp3) is 0.500. The topological polar surface area (TPSA) is 87.7 Å². The lowest BCUT2D eigenvalue weighted by Gasteiger charge is -2.19. The number of hydrogen-bond acceptors (Lipinski definition) is 4. The molecule has 0 saturated carbocycles. The summed E-state index contributed by atoms with van der Waals surface area (Å²) >= 11 is 0. The molecule has 2 N–H and O–H groups in total. The number of likely N-dealkylation sites (tertiary alicyclic amines) is 1. The van der Waals surface area contributed by atoms with Crippen LogP contribution in [0.5, 0.6) is 5.75 Å². The molecule has 25 heavy (non-hydrogen) atoms. The Bertz CT molecular complexity index is 645. The summed E-state index contributed by atoms with van der Waals surface area (Å²) in [6.45, 7) is 4.29. The minimum absolute atomic E-state index is 0.0166. The lowest BCUT2D eigenvalue weighted by atomic mass is 10.1. The number of aryl methyl sites for hydroxylation is 2. The van der Waals surface area contributed by atoms with Crippen LogP contribution >= 0.6 is 0 Å². The maximum atomic E-state index is 11.9. The van der Waals surface area contributed by atoms with Gasteiger partial charge in [0.2, 0.25) is 5.91 Å². The summed E-state index contributed by atoms with van der Waals surface area (Å²) in [5.74, 6) is -0.305. The third-order valence-electron chi connectivity index (χ3n) is 4.20. The average molecular weight is 347 g/mol. The first-order valence-electron chi connectivity index (χ1n) is 8.51. The Balaban J connectivity index is 1.70. The molecule has 1 aromatic carbocycles. The van der Waals surface area contributed by atoms with Gasteiger partial charge in [-0.25, -0.2) is 0 Å². The van der Waals surface area contributed by atoms with Crippen LogP contribution in [-0.2, 0) is 14.4 Å². The zero-order valence-electron chi connectivity index (χ0n) is 14.8. The minimum atomic E-state index is -0.464. The largest absolute Gasteiger partial charge is 0.484 e. The molecule has 1 saturated heterocycles. The molecule has 1 heterocycles. The number of benzene rings is 1. The Labute approximate surface area is 147 Å². The Hall–Kier alpha value is -2.57. The van der Waals surface area contributed by atoms with Crippen molar-refractivity contribution in [1.82, 2.24) is 15.8 Å². The van der Waals surface area contributed by atoms with Gasteiger partial charge in [-0.15, -0.1) is 0 Å². The van der Waals surface area contributed by atoms with Crippen LogP contribution < -0.4 is 15.6 Å². The van der Waals surface area contributed by atoms with E-state index in [-0.39, 0.29) is 19.1 Å². The molecule has 0 unspecified atom stereocenters. The summed E-state index contributed by atoms with van der Waals surface area (Å²) in [5.41, 5.74) is 6.84. The maximum Gasteiger partial charge on any atom is 0.276 e. The van der Waals surface area contributed by atoms with Gasteiger partial charge in [0.25, 0.3) is 11.8 Å². The molecule has 136 valence electrons. The van der Waals surface area contributed by atoms with Gasteiger partial charge in [0, 0.05) is 13.0 Å². The number of hydrogen-bond donors (Lipinski definition) is 2.